The normalized spacial score (nSPS) is 10.3. The number of carboxylic acid groups (broad SMARTS) is 1. The quantitative estimate of drug-likeness (QED) is 0.900. The summed E-state index contributed by atoms with van der Waals surface area (Å²) in [6.07, 6.45) is 0. The molecule has 1 aromatic heterocycles. The molecule has 92 valence electrons. The molecule has 0 unspecified atom stereocenters. The smallest absolute Gasteiger partial charge is 0.341 e. The molecule has 0 amide bonds. The average molecular weight is 243 g/mol. The predicted molar refractivity (Wildman–Crippen MR) is 70.0 cm³/mol. The number of ether oxygens (including phenoxy) is 1. The van der Waals surface area contributed by atoms with Gasteiger partial charge < -0.3 is 9.84 Å². The van der Waals surface area contributed by atoms with Crippen LogP contribution in [0, 0.1) is 0 Å². The molecular weight excluding hydrogens is 230 g/mol. The van der Waals surface area contributed by atoms with Gasteiger partial charge in [0.2, 0.25) is 5.88 Å². The second kappa shape index (κ2) is 4.49. The van der Waals surface area contributed by atoms with Crippen molar-refractivity contribution in [2.24, 2.45) is 0 Å². The molecule has 2 rings (SSSR count). The number of carbonyl (C=O) groups is 1. The van der Waals surface area contributed by atoms with Gasteiger partial charge in [-0.15, -0.1) is 0 Å². The Morgan fingerprint density at radius 2 is 2.11 bits per heavy atom. The van der Waals surface area contributed by atoms with Gasteiger partial charge >= 0.3 is 5.97 Å². The highest BCUT2D eigenvalue weighted by Crippen LogP contribution is 2.24. The van der Waals surface area contributed by atoms with Crippen molar-refractivity contribution in [3.63, 3.8) is 0 Å². The summed E-state index contributed by atoms with van der Waals surface area (Å²) in [6, 6.07) is 7.16. The van der Waals surface area contributed by atoms with E-state index in [0.717, 1.165) is 16.5 Å². The van der Waals surface area contributed by atoms with Gasteiger partial charge in [0.25, 0.3) is 0 Å². The molecule has 0 bridgehead atoms. The van der Waals surface area contributed by atoms with E-state index in [9.17, 15) is 4.79 Å². The topological polar surface area (TPSA) is 59.4 Å². The van der Waals surface area contributed by atoms with Crippen LogP contribution in [-0.4, -0.2) is 23.2 Å². The van der Waals surface area contributed by atoms with E-state index in [-0.39, 0.29) is 11.4 Å². The molecule has 0 aliphatic heterocycles. The first-order valence-electron chi connectivity index (χ1n) is 5.41. The van der Waals surface area contributed by atoms with Gasteiger partial charge in [0.05, 0.1) is 12.6 Å². The summed E-state index contributed by atoms with van der Waals surface area (Å²) in [5, 5.41) is 9.86. The van der Waals surface area contributed by atoms with Crippen molar-refractivity contribution in [1.82, 2.24) is 4.98 Å². The maximum Gasteiger partial charge on any atom is 0.341 e. The number of carboxylic acids is 1. The Kier molecular flexibility index (Phi) is 3.02. The lowest BCUT2D eigenvalue weighted by atomic mass is 10.0. The molecule has 2 aromatic rings. The minimum absolute atomic E-state index is 0.0591. The number of rotatable bonds is 3. The molecule has 1 N–H and O–H groups in total. The fourth-order valence-electron chi connectivity index (χ4n) is 1.73. The van der Waals surface area contributed by atoms with Crippen LogP contribution in [0.5, 0.6) is 5.88 Å². The van der Waals surface area contributed by atoms with Crippen LogP contribution >= 0.6 is 0 Å². The highest BCUT2D eigenvalue weighted by molar-refractivity contribution is 5.96. The van der Waals surface area contributed by atoms with Crippen LogP contribution in [0.3, 0.4) is 0 Å². The molecule has 4 nitrogen and oxygen atoms in total. The first kappa shape index (κ1) is 12.1. The zero-order chi connectivity index (χ0) is 13.3. The lowest BCUT2D eigenvalue weighted by Gasteiger charge is -2.07. The Hall–Kier alpha value is -2.36. The minimum Gasteiger partial charge on any atom is -0.480 e. The maximum absolute atomic E-state index is 11.1. The molecule has 1 aromatic carbocycles. The minimum atomic E-state index is -1.05. The Labute approximate surface area is 105 Å². The van der Waals surface area contributed by atoms with Crippen molar-refractivity contribution in [2.75, 3.05) is 7.11 Å². The van der Waals surface area contributed by atoms with Crippen LogP contribution in [0.25, 0.3) is 16.5 Å². The molecule has 0 saturated carbocycles. The summed E-state index contributed by atoms with van der Waals surface area (Å²) < 4.78 is 4.98. The number of hydrogen-bond donors (Lipinski definition) is 1. The largest absolute Gasteiger partial charge is 0.480 e. The third-order valence-electron chi connectivity index (χ3n) is 2.70. The summed E-state index contributed by atoms with van der Waals surface area (Å²) in [5.74, 6) is -0.931. The number of methoxy groups -OCH3 is 1. The van der Waals surface area contributed by atoms with Crippen LogP contribution in [0.1, 0.15) is 22.8 Å². The Morgan fingerprint density at radius 1 is 1.39 bits per heavy atom. The van der Waals surface area contributed by atoms with E-state index in [1.54, 1.807) is 6.07 Å². The van der Waals surface area contributed by atoms with Gasteiger partial charge in [0.15, 0.2) is 0 Å². The van der Waals surface area contributed by atoms with E-state index in [0.29, 0.717) is 5.52 Å². The molecule has 0 radical (unpaired) electrons. The van der Waals surface area contributed by atoms with Gasteiger partial charge in [0.1, 0.15) is 5.56 Å². The number of fused-ring (bicyclic) bond motifs is 1. The van der Waals surface area contributed by atoms with E-state index >= 15 is 0 Å². The summed E-state index contributed by atoms with van der Waals surface area (Å²) >= 11 is 0. The summed E-state index contributed by atoms with van der Waals surface area (Å²) in [4.78, 5) is 15.3. The molecule has 0 atom stereocenters. The van der Waals surface area contributed by atoms with Gasteiger partial charge in [-0.25, -0.2) is 9.78 Å². The molecule has 0 spiro atoms. The third-order valence-corrected chi connectivity index (χ3v) is 2.70. The highest BCUT2D eigenvalue weighted by Gasteiger charge is 2.14. The first-order chi connectivity index (χ1) is 8.52. The van der Waals surface area contributed by atoms with Crippen molar-refractivity contribution in [3.05, 3.63) is 42.0 Å². The van der Waals surface area contributed by atoms with Crippen molar-refractivity contribution >= 4 is 22.4 Å². The summed E-state index contributed by atoms with van der Waals surface area (Å²) in [7, 11) is 1.41. The van der Waals surface area contributed by atoms with Crippen molar-refractivity contribution in [1.29, 1.82) is 0 Å². The third kappa shape index (κ3) is 2.05. The molecule has 0 fully saturated rings. The number of benzene rings is 1. The Balaban J connectivity index is 2.72. The monoisotopic (exact) mass is 243 g/mol. The van der Waals surface area contributed by atoms with Crippen LogP contribution in [0.4, 0.5) is 0 Å². The molecular formula is C14H13NO3. The van der Waals surface area contributed by atoms with Crippen molar-refractivity contribution in [3.8, 4) is 5.88 Å². The lowest BCUT2D eigenvalue weighted by molar-refractivity contribution is 0.0692. The van der Waals surface area contributed by atoms with Crippen LogP contribution < -0.4 is 4.74 Å². The SMILES string of the molecule is C=C(C)c1ccc2nc(OC)c(C(=O)O)cc2c1. The second-order valence-corrected chi connectivity index (χ2v) is 4.04. The van der Waals surface area contributed by atoms with Crippen molar-refractivity contribution < 1.29 is 14.6 Å². The standard InChI is InChI=1S/C14H13NO3/c1-8(2)9-4-5-12-10(6-9)7-11(14(16)17)13(15-12)18-3/h4-7H,1H2,2-3H3,(H,16,17). The van der Waals surface area contributed by atoms with E-state index in [4.69, 9.17) is 9.84 Å². The fraction of sp³-hybridized carbons (Fsp3) is 0.143. The molecule has 18 heavy (non-hydrogen) atoms. The Bertz CT molecular complexity index is 647. The maximum atomic E-state index is 11.1. The van der Waals surface area contributed by atoms with E-state index < -0.39 is 5.97 Å². The van der Waals surface area contributed by atoms with Crippen LogP contribution in [0.2, 0.25) is 0 Å². The number of aromatic nitrogens is 1. The molecule has 0 saturated heterocycles. The average Bonchev–Trinajstić information content (AvgIpc) is 2.36. The number of nitrogens with zero attached hydrogens (tertiary/aromatic N) is 1. The zero-order valence-corrected chi connectivity index (χ0v) is 10.2. The second-order valence-electron chi connectivity index (χ2n) is 4.04. The summed E-state index contributed by atoms with van der Waals surface area (Å²) in [6.45, 7) is 5.76. The Morgan fingerprint density at radius 3 is 2.67 bits per heavy atom. The van der Waals surface area contributed by atoms with E-state index in [1.807, 2.05) is 25.1 Å². The highest BCUT2D eigenvalue weighted by atomic mass is 16.5. The number of hydrogen-bond acceptors (Lipinski definition) is 3. The van der Waals surface area contributed by atoms with Gasteiger partial charge in [-0.3, -0.25) is 0 Å². The number of aromatic carboxylic acids is 1. The fourth-order valence-corrected chi connectivity index (χ4v) is 1.73. The molecule has 0 aliphatic rings. The van der Waals surface area contributed by atoms with Crippen LogP contribution in [-0.2, 0) is 0 Å². The van der Waals surface area contributed by atoms with Gasteiger partial charge in [0, 0.05) is 5.39 Å². The van der Waals surface area contributed by atoms with Gasteiger partial charge in [-0.2, -0.15) is 0 Å². The predicted octanol–water partition coefficient (Wildman–Crippen LogP) is 2.97. The van der Waals surface area contributed by atoms with Gasteiger partial charge in [-0.05, 0) is 30.7 Å². The van der Waals surface area contributed by atoms with Crippen molar-refractivity contribution in [2.45, 2.75) is 6.92 Å². The van der Waals surface area contributed by atoms with E-state index in [2.05, 4.69) is 11.6 Å². The molecule has 4 heteroatoms. The number of allylic oxidation sites excluding steroid dienone is 1. The number of pyridine rings is 1. The first-order valence-corrected chi connectivity index (χ1v) is 5.41. The lowest BCUT2D eigenvalue weighted by Crippen LogP contribution is -2.02. The zero-order valence-electron chi connectivity index (χ0n) is 10.2. The van der Waals surface area contributed by atoms with E-state index in [1.165, 1.54) is 7.11 Å². The molecule has 0 aliphatic carbocycles. The molecule has 1 heterocycles. The van der Waals surface area contributed by atoms with Crippen LogP contribution in [0.15, 0.2) is 30.8 Å². The van der Waals surface area contributed by atoms with Gasteiger partial charge in [-0.1, -0.05) is 18.2 Å². The summed E-state index contributed by atoms with van der Waals surface area (Å²) in [5.41, 5.74) is 2.64.